The molecule has 0 saturated carbocycles. The van der Waals surface area contributed by atoms with Crippen LogP contribution in [0.2, 0.25) is 5.02 Å². The van der Waals surface area contributed by atoms with Gasteiger partial charge in [0.2, 0.25) is 0 Å². The van der Waals surface area contributed by atoms with Crippen molar-refractivity contribution in [3.63, 3.8) is 0 Å². The molecule has 12 heteroatoms. The fourth-order valence-electron chi connectivity index (χ4n) is 3.64. The average molecular weight is 479 g/mol. The van der Waals surface area contributed by atoms with E-state index in [0.29, 0.717) is 25.1 Å². The molecule has 2 aromatic rings. The van der Waals surface area contributed by atoms with Crippen LogP contribution in [0.3, 0.4) is 0 Å². The van der Waals surface area contributed by atoms with Crippen molar-refractivity contribution in [1.82, 2.24) is 9.88 Å². The summed E-state index contributed by atoms with van der Waals surface area (Å²) in [7, 11) is 0. The monoisotopic (exact) mass is 478 g/mol. The molecule has 0 spiro atoms. The lowest BCUT2D eigenvalue weighted by Crippen LogP contribution is -2.53. The molecule has 1 aromatic heterocycles. The van der Waals surface area contributed by atoms with Crippen LogP contribution in [0.5, 0.6) is 5.75 Å². The highest BCUT2D eigenvalue weighted by Crippen LogP contribution is 2.43. The zero-order chi connectivity index (χ0) is 22.1. The number of alkyl halides is 3. The summed E-state index contributed by atoms with van der Waals surface area (Å²) in [5.74, 6) is -0.0740. The van der Waals surface area contributed by atoms with Gasteiger partial charge in [-0.1, -0.05) is 11.6 Å². The van der Waals surface area contributed by atoms with E-state index in [4.69, 9.17) is 25.8 Å². The third-order valence-electron chi connectivity index (χ3n) is 5.11. The lowest BCUT2D eigenvalue weighted by Gasteiger charge is -2.40. The fourth-order valence-corrected chi connectivity index (χ4v) is 4.74. The first-order valence-electron chi connectivity index (χ1n) is 9.36. The Morgan fingerprint density at radius 3 is 2.94 bits per heavy atom. The maximum atomic E-state index is 13.0. The second-order valence-electron chi connectivity index (χ2n) is 6.93. The van der Waals surface area contributed by atoms with Crippen molar-refractivity contribution >= 4 is 28.8 Å². The normalized spacial score (nSPS) is 23.6. The van der Waals surface area contributed by atoms with Crippen molar-refractivity contribution in [2.75, 3.05) is 33.1 Å². The number of fused-ring (bicyclic) bond motifs is 1. The van der Waals surface area contributed by atoms with E-state index < -0.39 is 18.6 Å². The number of likely N-dealkylation sites (tertiary alicyclic amines) is 1. The second-order valence-corrected chi connectivity index (χ2v) is 8.24. The van der Waals surface area contributed by atoms with Crippen LogP contribution in [0.25, 0.3) is 0 Å². The maximum absolute atomic E-state index is 13.0. The van der Waals surface area contributed by atoms with Crippen molar-refractivity contribution in [2.45, 2.75) is 24.5 Å². The minimum absolute atomic E-state index is 0.118. The second kappa shape index (κ2) is 8.91. The molecule has 7 nitrogen and oxygen atoms in total. The molecule has 0 N–H and O–H groups in total. The zero-order valence-electron chi connectivity index (χ0n) is 16.1. The number of halogens is 4. The van der Waals surface area contributed by atoms with Gasteiger partial charge in [-0.2, -0.15) is 0 Å². The first kappa shape index (κ1) is 22.3. The van der Waals surface area contributed by atoms with Crippen LogP contribution in [0.1, 0.15) is 21.8 Å². The Labute approximate surface area is 184 Å². The van der Waals surface area contributed by atoms with Crippen molar-refractivity contribution in [1.29, 1.82) is 0 Å². The number of hydrogen-bond acceptors (Lipinski definition) is 7. The van der Waals surface area contributed by atoms with Crippen molar-refractivity contribution in [3.8, 4) is 5.75 Å². The first-order valence-corrected chi connectivity index (χ1v) is 10.6. The molecule has 1 amide bonds. The van der Waals surface area contributed by atoms with Gasteiger partial charge in [-0.25, -0.2) is 4.98 Å². The van der Waals surface area contributed by atoms with Gasteiger partial charge < -0.3 is 19.1 Å². The van der Waals surface area contributed by atoms with Gasteiger partial charge in [0.25, 0.3) is 5.91 Å². The summed E-state index contributed by atoms with van der Waals surface area (Å²) < 4.78 is 56.5. The molecule has 4 rings (SSSR count). The van der Waals surface area contributed by atoms with Crippen LogP contribution in [0.15, 0.2) is 29.8 Å². The largest absolute Gasteiger partial charge is 0.522 e. The Bertz CT molecular complexity index is 930. The summed E-state index contributed by atoms with van der Waals surface area (Å²) in [6.45, 7) is -0.0801. The van der Waals surface area contributed by atoms with Crippen molar-refractivity contribution in [2.24, 2.45) is 0 Å². The molecule has 31 heavy (non-hydrogen) atoms. The average Bonchev–Trinajstić information content (AvgIpc) is 3.40. The Morgan fingerprint density at radius 1 is 1.39 bits per heavy atom. The Balaban J connectivity index is 1.38. The number of rotatable bonds is 6. The van der Waals surface area contributed by atoms with E-state index in [0.717, 1.165) is 5.01 Å². The van der Waals surface area contributed by atoms with Gasteiger partial charge in [-0.15, -0.1) is 24.5 Å². The lowest BCUT2D eigenvalue weighted by atomic mass is 9.89. The number of benzene rings is 1. The summed E-state index contributed by atoms with van der Waals surface area (Å²) in [5.41, 5.74) is -0.303. The van der Waals surface area contributed by atoms with Crippen LogP contribution in [0.4, 0.5) is 13.2 Å². The fraction of sp³-hybridized carbons (Fsp3) is 0.474. The zero-order valence-corrected chi connectivity index (χ0v) is 17.6. The number of nitrogens with zero attached hydrogens (tertiary/aromatic N) is 2. The number of amides is 1. The quantitative estimate of drug-likeness (QED) is 0.588. The number of thiazole rings is 1. The van der Waals surface area contributed by atoms with Crippen LogP contribution < -0.4 is 4.74 Å². The highest BCUT2D eigenvalue weighted by atomic mass is 35.5. The summed E-state index contributed by atoms with van der Waals surface area (Å²) >= 11 is 7.64. The summed E-state index contributed by atoms with van der Waals surface area (Å²) in [6.07, 6.45) is -2.79. The Kier molecular flexibility index (Phi) is 6.40. The van der Waals surface area contributed by atoms with Crippen LogP contribution in [-0.2, 0) is 19.8 Å². The third kappa shape index (κ3) is 4.80. The number of ether oxygens (including phenoxy) is 4. The first-order chi connectivity index (χ1) is 14.8. The van der Waals surface area contributed by atoms with E-state index in [1.54, 1.807) is 11.1 Å². The standard InChI is InChI=1S/C19H18ClF3N2O5S/c20-13-9-12(1-2-14(13)27-6-7-29-19(21,22)23)16(26)25-5-3-18(17-24-4-8-31-17)15(10-25)28-11-30-18/h1-2,4,8-9,15H,3,5-7,10-11H2/t15?,18-/m1/s1. The SMILES string of the molecule is O=C(c1ccc(OCCOC(F)(F)F)c(Cl)c1)N1CC[C@@]2(c3nccs3)OCOC2C1. The van der Waals surface area contributed by atoms with Crippen LogP contribution in [0, 0.1) is 0 Å². The van der Waals surface area contributed by atoms with Crippen molar-refractivity contribution in [3.05, 3.63) is 45.4 Å². The molecule has 2 fully saturated rings. The summed E-state index contributed by atoms with van der Waals surface area (Å²) in [4.78, 5) is 19.0. The number of hydrogen-bond donors (Lipinski definition) is 0. The van der Waals surface area contributed by atoms with Crippen LogP contribution >= 0.6 is 22.9 Å². The minimum atomic E-state index is -4.72. The maximum Gasteiger partial charge on any atom is 0.522 e. The third-order valence-corrected chi connectivity index (χ3v) is 6.34. The van der Waals surface area contributed by atoms with Crippen LogP contribution in [-0.4, -0.2) is 61.4 Å². The highest BCUT2D eigenvalue weighted by Gasteiger charge is 2.52. The van der Waals surface area contributed by atoms with E-state index >= 15 is 0 Å². The molecule has 2 saturated heterocycles. The predicted octanol–water partition coefficient (Wildman–Crippen LogP) is 3.83. The van der Waals surface area contributed by atoms with Gasteiger partial charge in [0, 0.05) is 30.1 Å². The van der Waals surface area contributed by atoms with Gasteiger partial charge in [0.1, 0.15) is 30.3 Å². The molecule has 3 heterocycles. The Hall–Kier alpha value is -1.92. The Morgan fingerprint density at radius 2 is 2.23 bits per heavy atom. The van der Waals surface area contributed by atoms with E-state index in [1.165, 1.54) is 29.5 Å². The summed E-state index contributed by atoms with van der Waals surface area (Å²) in [5, 5.41) is 2.83. The van der Waals surface area contributed by atoms with Gasteiger partial charge >= 0.3 is 6.36 Å². The molecule has 168 valence electrons. The molecule has 1 unspecified atom stereocenters. The molecule has 2 aliphatic heterocycles. The van der Waals surface area contributed by atoms with E-state index in [1.807, 2.05) is 5.38 Å². The van der Waals surface area contributed by atoms with Gasteiger partial charge in [-0.05, 0) is 18.2 Å². The van der Waals surface area contributed by atoms with E-state index in [9.17, 15) is 18.0 Å². The number of piperidine rings is 1. The van der Waals surface area contributed by atoms with Crippen molar-refractivity contribution < 1.29 is 36.9 Å². The minimum Gasteiger partial charge on any atom is -0.490 e. The smallest absolute Gasteiger partial charge is 0.490 e. The number of carbonyl (C=O) groups excluding carboxylic acids is 1. The number of carbonyl (C=O) groups is 1. The summed E-state index contributed by atoms with van der Waals surface area (Å²) in [6, 6.07) is 4.39. The van der Waals surface area contributed by atoms with E-state index in [2.05, 4.69) is 9.72 Å². The molecular formula is C19H18ClF3N2O5S. The molecule has 0 radical (unpaired) electrons. The molecule has 2 atom stereocenters. The lowest BCUT2D eigenvalue weighted by molar-refractivity contribution is -0.325. The predicted molar refractivity (Wildman–Crippen MR) is 104 cm³/mol. The molecular weight excluding hydrogens is 461 g/mol. The van der Waals surface area contributed by atoms with Gasteiger partial charge in [-0.3, -0.25) is 9.53 Å². The number of aromatic nitrogens is 1. The highest BCUT2D eigenvalue weighted by molar-refractivity contribution is 7.09. The van der Waals surface area contributed by atoms with E-state index in [-0.39, 0.29) is 36.2 Å². The molecule has 2 aliphatic rings. The van der Waals surface area contributed by atoms with Gasteiger partial charge in [0.05, 0.1) is 18.2 Å². The molecule has 1 aromatic carbocycles. The molecule has 0 bridgehead atoms. The molecule has 0 aliphatic carbocycles. The van der Waals surface area contributed by atoms with Gasteiger partial charge in [0.15, 0.2) is 5.60 Å². The topological polar surface area (TPSA) is 70.1 Å².